The van der Waals surface area contributed by atoms with Crippen molar-refractivity contribution < 1.29 is 9.72 Å². The van der Waals surface area contributed by atoms with Crippen molar-refractivity contribution in [3.05, 3.63) is 63.7 Å². The Hall–Kier alpha value is -2.89. The molecule has 2 aromatic rings. The molecule has 0 aliphatic heterocycles. The number of nitrogens with zero attached hydrogens (tertiary/aromatic N) is 1. The van der Waals surface area contributed by atoms with Crippen molar-refractivity contribution in [2.24, 2.45) is 0 Å². The number of para-hydroxylation sites is 1. The Kier molecular flexibility index (Phi) is 5.30. The van der Waals surface area contributed by atoms with Crippen molar-refractivity contribution in [1.29, 1.82) is 0 Å². The Labute approximate surface area is 134 Å². The number of aryl methyl sites for hydroxylation is 1. The maximum absolute atomic E-state index is 12.1. The number of nitro benzene ring substituents is 1. The summed E-state index contributed by atoms with van der Waals surface area (Å²) in [4.78, 5) is 22.6. The Morgan fingerprint density at radius 2 is 1.83 bits per heavy atom. The lowest BCUT2D eigenvalue weighted by atomic mass is 10.1. The highest BCUT2D eigenvalue weighted by Crippen LogP contribution is 2.24. The van der Waals surface area contributed by atoms with Gasteiger partial charge in [-0.15, -0.1) is 0 Å². The van der Waals surface area contributed by atoms with E-state index in [1.165, 1.54) is 6.07 Å². The van der Waals surface area contributed by atoms with Crippen LogP contribution in [-0.2, 0) is 11.2 Å². The van der Waals surface area contributed by atoms with Gasteiger partial charge in [0.1, 0.15) is 0 Å². The number of amides is 1. The second-order valence-electron chi connectivity index (χ2n) is 5.12. The summed E-state index contributed by atoms with van der Waals surface area (Å²) in [5, 5.41) is 16.7. The molecular weight excluding hydrogens is 294 g/mol. The number of hydrogen-bond acceptors (Lipinski definition) is 4. The molecule has 6 nitrogen and oxygen atoms in total. The maximum Gasteiger partial charge on any atom is 0.274 e. The summed E-state index contributed by atoms with van der Waals surface area (Å²) in [5.74, 6) is -0.197. The molecule has 0 radical (unpaired) electrons. The highest BCUT2D eigenvalue weighted by molar-refractivity contribution is 5.94. The van der Waals surface area contributed by atoms with Gasteiger partial charge in [-0.3, -0.25) is 14.9 Å². The Balaban J connectivity index is 2.02. The maximum atomic E-state index is 12.1. The van der Waals surface area contributed by atoms with Gasteiger partial charge in [0.2, 0.25) is 5.91 Å². The topological polar surface area (TPSA) is 84.3 Å². The molecular formula is C17H19N3O3. The predicted octanol–water partition coefficient (Wildman–Crippen LogP) is 3.52. The highest BCUT2D eigenvalue weighted by Gasteiger charge is 2.13. The molecule has 0 aliphatic carbocycles. The molecule has 120 valence electrons. The molecule has 0 saturated heterocycles. The monoisotopic (exact) mass is 313 g/mol. The molecule has 0 heterocycles. The number of hydrogen-bond donors (Lipinski definition) is 2. The third-order valence-electron chi connectivity index (χ3n) is 3.61. The van der Waals surface area contributed by atoms with E-state index >= 15 is 0 Å². The molecule has 0 atom stereocenters. The van der Waals surface area contributed by atoms with Crippen LogP contribution in [0.25, 0.3) is 0 Å². The molecule has 2 aromatic carbocycles. The predicted molar refractivity (Wildman–Crippen MR) is 90.8 cm³/mol. The van der Waals surface area contributed by atoms with E-state index in [2.05, 4.69) is 10.6 Å². The smallest absolute Gasteiger partial charge is 0.274 e. The summed E-state index contributed by atoms with van der Waals surface area (Å²) in [6, 6.07) is 12.4. The Morgan fingerprint density at radius 1 is 1.13 bits per heavy atom. The van der Waals surface area contributed by atoms with Gasteiger partial charge in [0.25, 0.3) is 5.69 Å². The van der Waals surface area contributed by atoms with Crippen molar-refractivity contribution in [1.82, 2.24) is 0 Å². The van der Waals surface area contributed by atoms with Crippen LogP contribution in [0, 0.1) is 17.0 Å². The zero-order chi connectivity index (χ0) is 16.8. The molecule has 0 unspecified atom stereocenters. The molecule has 1 amide bonds. The van der Waals surface area contributed by atoms with Gasteiger partial charge in [0, 0.05) is 23.0 Å². The average molecular weight is 313 g/mol. The minimum Gasteiger partial charge on any atom is -0.376 e. The molecule has 23 heavy (non-hydrogen) atoms. The molecule has 0 bridgehead atoms. The minimum absolute atomic E-state index is 0.0340. The van der Waals surface area contributed by atoms with Crippen LogP contribution in [0.2, 0.25) is 0 Å². The van der Waals surface area contributed by atoms with E-state index in [9.17, 15) is 14.9 Å². The molecule has 0 fully saturated rings. The van der Waals surface area contributed by atoms with Gasteiger partial charge in [-0.05, 0) is 31.0 Å². The van der Waals surface area contributed by atoms with Crippen molar-refractivity contribution in [3.63, 3.8) is 0 Å². The zero-order valence-electron chi connectivity index (χ0n) is 13.1. The molecule has 0 spiro atoms. The Morgan fingerprint density at radius 3 is 2.52 bits per heavy atom. The zero-order valence-corrected chi connectivity index (χ0v) is 13.1. The summed E-state index contributed by atoms with van der Waals surface area (Å²) >= 11 is 0. The van der Waals surface area contributed by atoms with Gasteiger partial charge in [-0.1, -0.05) is 31.2 Å². The molecule has 0 saturated carbocycles. The molecule has 2 N–H and O–H groups in total. The fourth-order valence-electron chi connectivity index (χ4n) is 2.33. The summed E-state index contributed by atoms with van der Waals surface area (Å²) < 4.78 is 0. The van der Waals surface area contributed by atoms with Gasteiger partial charge in [0.15, 0.2) is 0 Å². The van der Waals surface area contributed by atoms with Crippen LogP contribution in [0.3, 0.4) is 0 Å². The normalized spacial score (nSPS) is 10.2. The van der Waals surface area contributed by atoms with E-state index in [1.54, 1.807) is 19.1 Å². The SMILES string of the molecule is CCc1ccccc1NC(=O)CNc1cccc([N+](=O)[O-])c1C. The summed E-state index contributed by atoms with van der Waals surface area (Å²) in [5.41, 5.74) is 2.98. The second-order valence-corrected chi connectivity index (χ2v) is 5.12. The molecule has 6 heteroatoms. The second kappa shape index (κ2) is 7.40. The van der Waals surface area contributed by atoms with Crippen LogP contribution < -0.4 is 10.6 Å². The van der Waals surface area contributed by atoms with E-state index in [4.69, 9.17) is 0 Å². The minimum atomic E-state index is -0.432. The van der Waals surface area contributed by atoms with Crippen molar-refractivity contribution in [2.45, 2.75) is 20.3 Å². The largest absolute Gasteiger partial charge is 0.376 e. The molecule has 2 rings (SSSR count). The van der Waals surface area contributed by atoms with Crippen LogP contribution in [0.5, 0.6) is 0 Å². The fraction of sp³-hybridized carbons (Fsp3) is 0.235. The number of carbonyl (C=O) groups excluding carboxylic acids is 1. The number of carbonyl (C=O) groups is 1. The van der Waals surface area contributed by atoms with Gasteiger partial charge in [-0.25, -0.2) is 0 Å². The van der Waals surface area contributed by atoms with Crippen LogP contribution in [0.4, 0.5) is 17.1 Å². The van der Waals surface area contributed by atoms with E-state index in [0.29, 0.717) is 11.3 Å². The third-order valence-corrected chi connectivity index (χ3v) is 3.61. The first kappa shape index (κ1) is 16.5. The Bertz CT molecular complexity index is 729. The van der Waals surface area contributed by atoms with Gasteiger partial charge in [0.05, 0.1) is 11.5 Å². The van der Waals surface area contributed by atoms with E-state index in [1.807, 2.05) is 31.2 Å². The first-order valence-electron chi connectivity index (χ1n) is 7.38. The number of benzene rings is 2. The summed E-state index contributed by atoms with van der Waals surface area (Å²) in [6.45, 7) is 3.72. The first-order chi connectivity index (χ1) is 11.0. The lowest BCUT2D eigenvalue weighted by Gasteiger charge is -2.12. The fourth-order valence-corrected chi connectivity index (χ4v) is 2.33. The number of rotatable bonds is 6. The van der Waals surface area contributed by atoms with Gasteiger partial charge >= 0.3 is 0 Å². The average Bonchev–Trinajstić information content (AvgIpc) is 2.54. The van der Waals surface area contributed by atoms with E-state index in [-0.39, 0.29) is 18.1 Å². The standard InChI is InChI=1S/C17H19N3O3/c1-3-13-7-4-5-8-15(13)19-17(21)11-18-14-9-6-10-16(12(14)2)20(22)23/h4-10,18H,3,11H2,1-2H3,(H,19,21). The van der Waals surface area contributed by atoms with Crippen LogP contribution in [-0.4, -0.2) is 17.4 Å². The quantitative estimate of drug-likeness (QED) is 0.631. The number of nitrogens with one attached hydrogen (secondary N) is 2. The van der Waals surface area contributed by atoms with Crippen molar-refractivity contribution in [2.75, 3.05) is 17.2 Å². The van der Waals surface area contributed by atoms with Gasteiger partial charge in [-0.2, -0.15) is 0 Å². The lowest BCUT2D eigenvalue weighted by Crippen LogP contribution is -2.22. The lowest BCUT2D eigenvalue weighted by molar-refractivity contribution is -0.385. The summed E-state index contributed by atoms with van der Waals surface area (Å²) in [7, 11) is 0. The van der Waals surface area contributed by atoms with Crippen LogP contribution >= 0.6 is 0 Å². The molecule has 0 aromatic heterocycles. The third kappa shape index (κ3) is 4.06. The number of anilines is 2. The number of nitro groups is 1. The highest BCUT2D eigenvalue weighted by atomic mass is 16.6. The van der Waals surface area contributed by atoms with Crippen LogP contribution in [0.15, 0.2) is 42.5 Å². The molecule has 0 aliphatic rings. The van der Waals surface area contributed by atoms with Crippen LogP contribution in [0.1, 0.15) is 18.1 Å². The van der Waals surface area contributed by atoms with E-state index in [0.717, 1.165) is 17.7 Å². The van der Waals surface area contributed by atoms with Crippen molar-refractivity contribution in [3.8, 4) is 0 Å². The van der Waals surface area contributed by atoms with Gasteiger partial charge < -0.3 is 10.6 Å². The van der Waals surface area contributed by atoms with Crippen molar-refractivity contribution >= 4 is 23.0 Å². The summed E-state index contributed by atoms with van der Waals surface area (Å²) in [6.07, 6.45) is 0.827. The first-order valence-corrected chi connectivity index (χ1v) is 7.38. The van der Waals surface area contributed by atoms with E-state index < -0.39 is 4.92 Å².